The molecule has 0 radical (unpaired) electrons. The molecular weight excluding hydrogens is 523 g/mol. The summed E-state index contributed by atoms with van der Waals surface area (Å²) in [5.74, 6) is -0.923. The highest BCUT2D eigenvalue weighted by molar-refractivity contribution is 8.00. The third kappa shape index (κ3) is 5.26. The van der Waals surface area contributed by atoms with Crippen LogP contribution < -0.4 is 14.4 Å². The number of ether oxygens (including phenoxy) is 1. The van der Waals surface area contributed by atoms with Crippen molar-refractivity contribution in [3.05, 3.63) is 57.6 Å². The summed E-state index contributed by atoms with van der Waals surface area (Å²) in [5.41, 5.74) is 1.15. The Balaban J connectivity index is 1.58. The second-order valence-corrected chi connectivity index (χ2v) is 10.3. The van der Waals surface area contributed by atoms with Gasteiger partial charge in [-0.25, -0.2) is 9.37 Å². The van der Waals surface area contributed by atoms with Gasteiger partial charge in [-0.15, -0.1) is 13.2 Å². The van der Waals surface area contributed by atoms with Gasteiger partial charge in [0.2, 0.25) is 5.13 Å². The Labute approximate surface area is 205 Å². The quantitative estimate of drug-likeness (QED) is 0.262. The maximum absolute atomic E-state index is 14.7. The molecular formula is C20H16Cl2F4N4OS2. The smallest absolute Gasteiger partial charge is 0.404 e. The molecule has 2 aromatic carbocycles. The molecule has 1 N–H and O–H groups in total. The van der Waals surface area contributed by atoms with Gasteiger partial charge in [0.15, 0.2) is 0 Å². The number of hydrogen-bond acceptors (Lipinski definition) is 7. The fourth-order valence-electron chi connectivity index (χ4n) is 3.73. The summed E-state index contributed by atoms with van der Waals surface area (Å²) in [6, 6.07) is 5.57. The van der Waals surface area contributed by atoms with Crippen molar-refractivity contribution in [1.29, 1.82) is 0 Å². The van der Waals surface area contributed by atoms with Crippen molar-refractivity contribution in [3.63, 3.8) is 0 Å². The zero-order valence-electron chi connectivity index (χ0n) is 17.1. The van der Waals surface area contributed by atoms with Gasteiger partial charge in [-0.1, -0.05) is 37.0 Å². The number of nitrogens with one attached hydrogen (secondary N) is 1. The van der Waals surface area contributed by atoms with Crippen molar-refractivity contribution < 1.29 is 22.3 Å². The zero-order valence-corrected chi connectivity index (χ0v) is 20.3. The van der Waals surface area contributed by atoms with Crippen LogP contribution >= 0.6 is 46.7 Å². The Morgan fingerprint density at radius 1 is 1.27 bits per heavy atom. The van der Waals surface area contributed by atoms with Crippen molar-refractivity contribution >= 4 is 57.5 Å². The third-order valence-corrected chi connectivity index (χ3v) is 7.25. The van der Waals surface area contributed by atoms with E-state index in [0.29, 0.717) is 33.5 Å². The van der Waals surface area contributed by atoms with Crippen LogP contribution in [0.4, 0.5) is 28.4 Å². The number of hydrogen-bond donors (Lipinski definition) is 1. The van der Waals surface area contributed by atoms with E-state index in [1.807, 2.05) is 18.7 Å². The molecule has 2 heterocycles. The number of rotatable bonds is 6. The Kier molecular flexibility index (Phi) is 6.60. The molecule has 1 aliphatic rings. The minimum Gasteiger partial charge on any atom is -0.404 e. The van der Waals surface area contributed by atoms with Crippen LogP contribution in [0.25, 0.3) is 0 Å². The molecule has 4 rings (SSSR count). The SMILES string of the molecule is CC1(C)CN(Cc2cc(F)c(SNc3ncns3)cc2Cl)c2ccc(OC(F)(F)F)c(Cl)c21. The lowest BCUT2D eigenvalue weighted by Crippen LogP contribution is -2.28. The van der Waals surface area contributed by atoms with Gasteiger partial charge < -0.3 is 14.4 Å². The highest BCUT2D eigenvalue weighted by atomic mass is 35.5. The lowest BCUT2D eigenvalue weighted by molar-refractivity contribution is -0.274. The van der Waals surface area contributed by atoms with Crippen LogP contribution in [-0.4, -0.2) is 22.3 Å². The van der Waals surface area contributed by atoms with Crippen LogP contribution in [0.3, 0.4) is 0 Å². The lowest BCUT2D eigenvalue weighted by Gasteiger charge is -2.23. The van der Waals surface area contributed by atoms with Crippen LogP contribution in [0.2, 0.25) is 10.0 Å². The fraction of sp³-hybridized carbons (Fsp3) is 0.300. The molecule has 0 bridgehead atoms. The molecule has 176 valence electrons. The van der Waals surface area contributed by atoms with E-state index >= 15 is 0 Å². The fourth-order valence-corrected chi connectivity index (χ4v) is 5.62. The summed E-state index contributed by atoms with van der Waals surface area (Å²) in [4.78, 5) is 6.17. The molecule has 0 saturated heterocycles. The molecule has 13 heteroatoms. The molecule has 1 aliphatic heterocycles. The Bertz CT molecular complexity index is 1180. The van der Waals surface area contributed by atoms with Gasteiger partial charge in [0, 0.05) is 46.3 Å². The van der Waals surface area contributed by atoms with Gasteiger partial charge in [0.05, 0.1) is 9.92 Å². The van der Waals surface area contributed by atoms with E-state index in [2.05, 4.69) is 18.8 Å². The van der Waals surface area contributed by atoms with Gasteiger partial charge in [0.25, 0.3) is 0 Å². The maximum Gasteiger partial charge on any atom is 0.573 e. The van der Waals surface area contributed by atoms with Crippen LogP contribution in [0.15, 0.2) is 35.5 Å². The molecule has 33 heavy (non-hydrogen) atoms. The van der Waals surface area contributed by atoms with Gasteiger partial charge in [-0.2, -0.15) is 4.37 Å². The average molecular weight is 539 g/mol. The van der Waals surface area contributed by atoms with Gasteiger partial charge >= 0.3 is 6.36 Å². The standard InChI is InChI=1S/C20H16Cl2F4N4OS2/c1-19(2)8-30(13-3-4-14(17(22)16(13)19)31-20(24,25)26)7-10-5-12(23)15(6-11(10)21)32-29-18-27-9-28-33-18/h3-6,9H,7-8H2,1-2H3,(H,27,28,29). The molecule has 3 aromatic rings. The number of halogens is 6. The molecule has 0 unspecified atom stereocenters. The first-order chi connectivity index (χ1) is 15.4. The monoisotopic (exact) mass is 538 g/mol. The van der Waals surface area contributed by atoms with E-state index in [1.54, 1.807) is 0 Å². The Hall–Kier alpha value is -1.95. The Morgan fingerprint density at radius 3 is 2.70 bits per heavy atom. The van der Waals surface area contributed by atoms with Crippen molar-refractivity contribution in [1.82, 2.24) is 9.36 Å². The predicted octanol–water partition coefficient (Wildman–Crippen LogP) is 7.30. The largest absolute Gasteiger partial charge is 0.573 e. The van der Waals surface area contributed by atoms with Gasteiger partial charge in [-0.3, -0.25) is 0 Å². The normalized spacial score (nSPS) is 15.0. The number of fused-ring (bicyclic) bond motifs is 1. The van der Waals surface area contributed by atoms with Crippen LogP contribution in [0, 0.1) is 5.82 Å². The molecule has 0 amide bonds. The van der Waals surface area contributed by atoms with Crippen molar-refractivity contribution in [2.75, 3.05) is 16.2 Å². The van der Waals surface area contributed by atoms with E-state index in [0.717, 1.165) is 23.5 Å². The predicted molar refractivity (Wildman–Crippen MR) is 123 cm³/mol. The third-order valence-electron chi connectivity index (χ3n) is 4.99. The van der Waals surface area contributed by atoms with E-state index in [9.17, 15) is 17.6 Å². The Morgan fingerprint density at radius 2 is 2.03 bits per heavy atom. The summed E-state index contributed by atoms with van der Waals surface area (Å²) in [7, 11) is 0. The molecule has 0 atom stereocenters. The zero-order chi connectivity index (χ0) is 24.0. The second-order valence-electron chi connectivity index (χ2n) is 7.88. The topological polar surface area (TPSA) is 50.3 Å². The highest BCUT2D eigenvalue weighted by Crippen LogP contribution is 2.49. The summed E-state index contributed by atoms with van der Waals surface area (Å²) >= 11 is 14.9. The number of alkyl halides is 3. The van der Waals surface area contributed by atoms with Crippen LogP contribution in [0.5, 0.6) is 5.75 Å². The minimum absolute atomic E-state index is 0.0934. The number of aromatic nitrogens is 2. The number of benzene rings is 2. The molecule has 0 fully saturated rings. The van der Waals surface area contributed by atoms with E-state index in [1.165, 1.54) is 30.6 Å². The number of anilines is 2. The van der Waals surface area contributed by atoms with Crippen LogP contribution in [0.1, 0.15) is 25.0 Å². The lowest BCUT2D eigenvalue weighted by atomic mass is 9.87. The van der Waals surface area contributed by atoms with E-state index in [4.69, 9.17) is 23.2 Å². The summed E-state index contributed by atoms with van der Waals surface area (Å²) in [6.07, 6.45) is -3.46. The van der Waals surface area contributed by atoms with Gasteiger partial charge in [-0.05, 0) is 41.8 Å². The first kappa shape index (κ1) is 24.2. The first-order valence-corrected chi connectivity index (χ1v) is 11.8. The second kappa shape index (κ2) is 9.01. The number of nitrogens with zero attached hydrogens (tertiary/aromatic N) is 3. The van der Waals surface area contributed by atoms with Gasteiger partial charge in [0.1, 0.15) is 17.9 Å². The molecule has 1 aromatic heterocycles. The van der Waals surface area contributed by atoms with Crippen LogP contribution in [-0.2, 0) is 12.0 Å². The van der Waals surface area contributed by atoms with Crippen molar-refractivity contribution in [2.45, 2.75) is 37.1 Å². The summed E-state index contributed by atoms with van der Waals surface area (Å²) < 4.78 is 63.7. The summed E-state index contributed by atoms with van der Waals surface area (Å²) in [5, 5.41) is 0.790. The molecule has 0 aliphatic carbocycles. The summed E-state index contributed by atoms with van der Waals surface area (Å²) in [6.45, 7) is 4.44. The van der Waals surface area contributed by atoms with Crippen molar-refractivity contribution in [3.8, 4) is 5.75 Å². The maximum atomic E-state index is 14.7. The molecule has 0 spiro atoms. The minimum atomic E-state index is -4.85. The highest BCUT2D eigenvalue weighted by Gasteiger charge is 2.40. The van der Waals surface area contributed by atoms with Crippen molar-refractivity contribution in [2.24, 2.45) is 0 Å². The molecule has 5 nitrogen and oxygen atoms in total. The van der Waals surface area contributed by atoms with E-state index < -0.39 is 23.3 Å². The molecule has 0 saturated carbocycles. The van der Waals surface area contributed by atoms with E-state index in [-0.39, 0.29) is 16.5 Å². The average Bonchev–Trinajstić information content (AvgIpc) is 3.30. The first-order valence-electron chi connectivity index (χ1n) is 9.46.